The summed E-state index contributed by atoms with van der Waals surface area (Å²) >= 11 is 0. The van der Waals surface area contributed by atoms with Crippen LogP contribution in [-0.2, 0) is 19.1 Å². The van der Waals surface area contributed by atoms with Crippen LogP contribution < -0.4 is 5.32 Å². The lowest BCUT2D eigenvalue weighted by atomic mass is 10.1. The van der Waals surface area contributed by atoms with Crippen LogP contribution in [0.2, 0.25) is 0 Å². The van der Waals surface area contributed by atoms with Gasteiger partial charge in [-0.15, -0.1) is 0 Å². The first-order valence-corrected chi connectivity index (χ1v) is 9.18. The lowest BCUT2D eigenvalue weighted by Gasteiger charge is -2.26. The van der Waals surface area contributed by atoms with Gasteiger partial charge in [-0.1, -0.05) is 58.0 Å². The number of nitrogens with zero attached hydrogens (tertiary/aromatic N) is 1. The van der Waals surface area contributed by atoms with Crippen LogP contribution in [0.5, 0.6) is 0 Å². The lowest BCUT2D eigenvalue weighted by Crippen LogP contribution is -2.40. The minimum absolute atomic E-state index is 0.000712. The molecule has 0 atom stereocenters. The Kier molecular flexibility index (Phi) is 9.26. The van der Waals surface area contributed by atoms with E-state index in [9.17, 15) is 14.4 Å². The molecule has 0 spiro atoms. The van der Waals surface area contributed by atoms with Gasteiger partial charge in [0.25, 0.3) is 5.91 Å². The molecule has 6 heteroatoms. The summed E-state index contributed by atoms with van der Waals surface area (Å²) in [5, 5.41) is 2.47. The Morgan fingerprint density at radius 1 is 1.04 bits per heavy atom. The Morgan fingerprint density at radius 2 is 1.59 bits per heavy atom. The van der Waals surface area contributed by atoms with Gasteiger partial charge in [-0.3, -0.25) is 9.59 Å². The summed E-state index contributed by atoms with van der Waals surface area (Å²) in [6, 6.07) is 9.09. The number of esters is 1. The van der Waals surface area contributed by atoms with Gasteiger partial charge in [0.1, 0.15) is 5.70 Å². The highest BCUT2D eigenvalue weighted by atomic mass is 16.5. The third-order valence-corrected chi connectivity index (χ3v) is 3.49. The van der Waals surface area contributed by atoms with Crippen molar-refractivity contribution in [3.63, 3.8) is 0 Å². The molecular formula is C21H30N2O4. The highest BCUT2D eigenvalue weighted by Gasteiger charge is 2.20. The van der Waals surface area contributed by atoms with Crippen molar-refractivity contribution in [3.8, 4) is 0 Å². The normalized spacial score (nSPS) is 11.4. The van der Waals surface area contributed by atoms with E-state index in [4.69, 9.17) is 4.74 Å². The Labute approximate surface area is 161 Å². The van der Waals surface area contributed by atoms with E-state index in [0.29, 0.717) is 24.9 Å². The molecule has 0 aliphatic rings. The first-order valence-electron chi connectivity index (χ1n) is 9.18. The Balaban J connectivity index is 2.81. The van der Waals surface area contributed by atoms with Crippen LogP contribution in [0.25, 0.3) is 6.08 Å². The fourth-order valence-electron chi connectivity index (χ4n) is 2.51. The molecule has 2 amide bonds. The zero-order valence-electron chi connectivity index (χ0n) is 16.8. The third-order valence-electron chi connectivity index (χ3n) is 3.49. The fourth-order valence-corrected chi connectivity index (χ4v) is 2.51. The zero-order valence-corrected chi connectivity index (χ0v) is 16.8. The van der Waals surface area contributed by atoms with Crippen molar-refractivity contribution in [2.24, 2.45) is 11.8 Å². The van der Waals surface area contributed by atoms with Gasteiger partial charge < -0.3 is 15.0 Å². The van der Waals surface area contributed by atoms with Crippen LogP contribution in [0.1, 0.15) is 40.2 Å². The number of carbonyl (C=O) groups is 3. The molecule has 0 aliphatic heterocycles. The molecule has 0 fully saturated rings. The van der Waals surface area contributed by atoms with Gasteiger partial charge in [-0.05, 0) is 23.5 Å². The number of benzene rings is 1. The van der Waals surface area contributed by atoms with Crippen molar-refractivity contribution in [2.45, 2.75) is 34.6 Å². The molecule has 0 bridgehead atoms. The number of hydrogen-bond donors (Lipinski definition) is 1. The second-order valence-corrected chi connectivity index (χ2v) is 7.31. The predicted molar refractivity (Wildman–Crippen MR) is 105 cm³/mol. The topological polar surface area (TPSA) is 75.7 Å². The molecule has 1 N–H and O–H groups in total. The lowest BCUT2D eigenvalue weighted by molar-refractivity contribution is -0.149. The maximum atomic E-state index is 12.5. The largest absolute Gasteiger partial charge is 0.451 e. The molecule has 27 heavy (non-hydrogen) atoms. The average Bonchev–Trinajstić information content (AvgIpc) is 2.58. The second kappa shape index (κ2) is 11.2. The van der Waals surface area contributed by atoms with Crippen molar-refractivity contribution in [2.75, 3.05) is 19.7 Å². The van der Waals surface area contributed by atoms with Crippen LogP contribution in [0.3, 0.4) is 0 Å². The number of carbonyl (C=O) groups excluding carboxylic acids is 3. The summed E-state index contributed by atoms with van der Waals surface area (Å²) in [5.74, 6) is -0.738. The highest BCUT2D eigenvalue weighted by Crippen LogP contribution is 2.08. The molecule has 148 valence electrons. The second-order valence-electron chi connectivity index (χ2n) is 7.31. The van der Waals surface area contributed by atoms with E-state index in [0.717, 1.165) is 5.56 Å². The summed E-state index contributed by atoms with van der Waals surface area (Å²) in [5.41, 5.74) is 0.742. The molecule has 0 radical (unpaired) electrons. The zero-order chi connectivity index (χ0) is 20.4. The van der Waals surface area contributed by atoms with E-state index in [1.54, 1.807) is 17.0 Å². The quantitative estimate of drug-likeness (QED) is 0.533. The van der Waals surface area contributed by atoms with Crippen molar-refractivity contribution in [1.29, 1.82) is 0 Å². The van der Waals surface area contributed by atoms with Gasteiger partial charge in [0, 0.05) is 20.0 Å². The van der Waals surface area contributed by atoms with Crippen molar-refractivity contribution in [1.82, 2.24) is 10.2 Å². The molecule has 1 rings (SSSR count). The standard InChI is InChI=1S/C21H30N2O4/c1-15(2)12-23(13-16(3)4)20(25)14-27-21(26)19(22-17(5)24)11-18-9-7-6-8-10-18/h6-11,15-16H,12-14H2,1-5H3,(H,22,24)/b19-11-. The molecule has 0 heterocycles. The molecule has 0 aliphatic carbocycles. The minimum atomic E-state index is -0.739. The predicted octanol–water partition coefficient (Wildman–Crippen LogP) is 2.85. The molecule has 0 unspecified atom stereocenters. The van der Waals surface area contributed by atoms with Crippen LogP contribution >= 0.6 is 0 Å². The van der Waals surface area contributed by atoms with E-state index in [1.807, 2.05) is 45.9 Å². The monoisotopic (exact) mass is 374 g/mol. The van der Waals surface area contributed by atoms with Gasteiger partial charge in [-0.25, -0.2) is 4.79 Å². The number of nitrogens with one attached hydrogen (secondary N) is 1. The Bertz CT molecular complexity index is 656. The molecule has 6 nitrogen and oxygen atoms in total. The van der Waals surface area contributed by atoms with Crippen LogP contribution in [0, 0.1) is 11.8 Å². The summed E-state index contributed by atoms with van der Waals surface area (Å²) in [6.45, 7) is 10.3. The first kappa shape index (κ1) is 22.4. The first-order chi connectivity index (χ1) is 12.7. The summed E-state index contributed by atoms with van der Waals surface area (Å²) < 4.78 is 5.17. The average molecular weight is 374 g/mol. The third kappa shape index (κ3) is 9.03. The molecular weight excluding hydrogens is 344 g/mol. The van der Waals surface area contributed by atoms with E-state index in [1.165, 1.54) is 13.0 Å². The molecule has 0 saturated heterocycles. The number of hydrogen-bond acceptors (Lipinski definition) is 4. The van der Waals surface area contributed by atoms with Crippen molar-refractivity contribution in [3.05, 3.63) is 41.6 Å². The van der Waals surface area contributed by atoms with Gasteiger partial charge in [0.15, 0.2) is 6.61 Å². The van der Waals surface area contributed by atoms with Gasteiger partial charge in [0.2, 0.25) is 5.91 Å². The number of rotatable bonds is 9. The van der Waals surface area contributed by atoms with Crippen LogP contribution in [0.4, 0.5) is 0 Å². The molecule has 1 aromatic rings. The maximum absolute atomic E-state index is 12.5. The van der Waals surface area contributed by atoms with E-state index in [-0.39, 0.29) is 24.1 Å². The summed E-state index contributed by atoms with van der Waals surface area (Å²) in [4.78, 5) is 38.0. The van der Waals surface area contributed by atoms with E-state index in [2.05, 4.69) is 5.32 Å². The van der Waals surface area contributed by atoms with E-state index >= 15 is 0 Å². The van der Waals surface area contributed by atoms with Gasteiger partial charge in [0.05, 0.1) is 0 Å². The Morgan fingerprint density at radius 3 is 2.07 bits per heavy atom. The van der Waals surface area contributed by atoms with Crippen molar-refractivity contribution >= 4 is 23.9 Å². The van der Waals surface area contributed by atoms with Crippen LogP contribution in [-0.4, -0.2) is 42.4 Å². The van der Waals surface area contributed by atoms with Crippen LogP contribution in [0.15, 0.2) is 36.0 Å². The molecule has 0 aromatic heterocycles. The smallest absolute Gasteiger partial charge is 0.355 e. The van der Waals surface area contributed by atoms with E-state index < -0.39 is 5.97 Å². The number of ether oxygens (including phenoxy) is 1. The van der Waals surface area contributed by atoms with Gasteiger partial charge >= 0.3 is 5.97 Å². The summed E-state index contributed by atoms with van der Waals surface area (Å²) in [6.07, 6.45) is 1.52. The Hall–Kier alpha value is -2.63. The fraction of sp³-hybridized carbons (Fsp3) is 0.476. The maximum Gasteiger partial charge on any atom is 0.355 e. The number of amides is 2. The van der Waals surface area contributed by atoms with Gasteiger partial charge in [-0.2, -0.15) is 0 Å². The summed E-state index contributed by atoms with van der Waals surface area (Å²) in [7, 11) is 0. The minimum Gasteiger partial charge on any atom is -0.451 e. The highest BCUT2D eigenvalue weighted by molar-refractivity contribution is 5.98. The molecule has 0 saturated carbocycles. The van der Waals surface area contributed by atoms with Crippen molar-refractivity contribution < 1.29 is 19.1 Å². The SMILES string of the molecule is CC(=O)N/C(=C\c1ccccc1)C(=O)OCC(=O)N(CC(C)C)CC(C)C. The molecule has 1 aromatic carbocycles.